The van der Waals surface area contributed by atoms with E-state index in [1.807, 2.05) is 31.2 Å². The molecular weight excluding hydrogens is 306 g/mol. The predicted octanol–water partition coefficient (Wildman–Crippen LogP) is 2.10. The fourth-order valence-corrected chi connectivity index (χ4v) is 3.09. The summed E-state index contributed by atoms with van der Waals surface area (Å²) in [5.74, 6) is -0.415. The molecule has 1 aromatic heterocycles. The average Bonchev–Trinajstić information content (AvgIpc) is 2.89. The van der Waals surface area contributed by atoms with Gasteiger partial charge < -0.3 is 9.64 Å². The third kappa shape index (κ3) is 2.91. The second-order valence-corrected chi connectivity index (χ2v) is 5.96. The molecular formula is C18H21N3O3. The van der Waals surface area contributed by atoms with Gasteiger partial charge in [-0.15, -0.1) is 0 Å². The van der Waals surface area contributed by atoms with Gasteiger partial charge in [0.15, 0.2) is 5.69 Å². The molecule has 0 bridgehead atoms. The highest BCUT2D eigenvalue weighted by molar-refractivity contribution is 5.95. The molecule has 3 rings (SSSR count). The zero-order valence-electron chi connectivity index (χ0n) is 14.2. The second-order valence-electron chi connectivity index (χ2n) is 5.96. The Labute approximate surface area is 141 Å². The number of carbonyl (C=O) groups is 2. The van der Waals surface area contributed by atoms with Gasteiger partial charge in [0.05, 0.1) is 18.8 Å². The van der Waals surface area contributed by atoms with E-state index in [9.17, 15) is 9.59 Å². The van der Waals surface area contributed by atoms with Crippen LogP contribution in [0.5, 0.6) is 0 Å². The molecule has 2 heterocycles. The fourth-order valence-electron chi connectivity index (χ4n) is 3.09. The topological polar surface area (TPSA) is 64.4 Å². The SMILES string of the molecule is CCOC(=O)c1c2c(nn1C)CCN(C(=O)c1cccc(C)c1)C2. The molecule has 1 aromatic carbocycles. The second kappa shape index (κ2) is 6.47. The van der Waals surface area contributed by atoms with Gasteiger partial charge in [-0.05, 0) is 26.0 Å². The summed E-state index contributed by atoms with van der Waals surface area (Å²) in [5, 5.41) is 4.41. The summed E-state index contributed by atoms with van der Waals surface area (Å²) >= 11 is 0. The summed E-state index contributed by atoms with van der Waals surface area (Å²) in [5.41, 5.74) is 3.82. The quantitative estimate of drug-likeness (QED) is 0.810. The Hall–Kier alpha value is -2.63. The number of hydrogen-bond donors (Lipinski definition) is 0. The van der Waals surface area contributed by atoms with E-state index in [0.717, 1.165) is 16.8 Å². The average molecular weight is 327 g/mol. The third-order valence-electron chi connectivity index (χ3n) is 4.22. The number of carbonyl (C=O) groups excluding carboxylic acids is 2. The standard InChI is InChI=1S/C18H21N3O3/c1-4-24-18(23)16-14-11-21(9-8-15(14)19-20(16)3)17(22)13-7-5-6-12(2)10-13/h5-7,10H,4,8-9,11H2,1-3H3. The van der Waals surface area contributed by atoms with Crippen LogP contribution in [0, 0.1) is 6.92 Å². The van der Waals surface area contributed by atoms with E-state index in [0.29, 0.717) is 37.4 Å². The van der Waals surface area contributed by atoms with E-state index < -0.39 is 5.97 Å². The zero-order chi connectivity index (χ0) is 17.3. The molecule has 6 nitrogen and oxygen atoms in total. The molecule has 0 unspecified atom stereocenters. The Morgan fingerprint density at radius 1 is 1.33 bits per heavy atom. The molecule has 126 valence electrons. The van der Waals surface area contributed by atoms with E-state index in [2.05, 4.69) is 5.10 Å². The van der Waals surface area contributed by atoms with Gasteiger partial charge in [-0.2, -0.15) is 5.10 Å². The number of ether oxygens (including phenoxy) is 1. The molecule has 0 radical (unpaired) electrons. The molecule has 0 N–H and O–H groups in total. The third-order valence-corrected chi connectivity index (χ3v) is 4.22. The van der Waals surface area contributed by atoms with E-state index in [-0.39, 0.29) is 5.91 Å². The number of rotatable bonds is 3. The highest BCUT2D eigenvalue weighted by Gasteiger charge is 2.30. The zero-order valence-corrected chi connectivity index (χ0v) is 14.2. The van der Waals surface area contributed by atoms with Crippen LogP contribution in [0.2, 0.25) is 0 Å². The molecule has 1 aliphatic heterocycles. The van der Waals surface area contributed by atoms with Gasteiger partial charge in [-0.3, -0.25) is 9.48 Å². The van der Waals surface area contributed by atoms with Crippen LogP contribution in [0.1, 0.15) is 44.6 Å². The number of hydrogen-bond acceptors (Lipinski definition) is 4. The van der Waals surface area contributed by atoms with Crippen molar-refractivity contribution < 1.29 is 14.3 Å². The Morgan fingerprint density at radius 2 is 2.12 bits per heavy atom. The number of benzene rings is 1. The van der Waals surface area contributed by atoms with Gasteiger partial charge in [0, 0.05) is 31.1 Å². The van der Waals surface area contributed by atoms with Crippen molar-refractivity contribution in [3.63, 3.8) is 0 Å². The molecule has 0 saturated heterocycles. The van der Waals surface area contributed by atoms with Crippen molar-refractivity contribution >= 4 is 11.9 Å². The summed E-state index contributed by atoms with van der Waals surface area (Å²) in [4.78, 5) is 26.7. The van der Waals surface area contributed by atoms with Crippen molar-refractivity contribution in [2.75, 3.05) is 13.2 Å². The van der Waals surface area contributed by atoms with Gasteiger partial charge in [0.1, 0.15) is 0 Å². The monoisotopic (exact) mass is 327 g/mol. The van der Waals surface area contributed by atoms with Gasteiger partial charge >= 0.3 is 5.97 Å². The Bertz CT molecular complexity index is 795. The Morgan fingerprint density at radius 3 is 2.83 bits per heavy atom. The van der Waals surface area contributed by atoms with E-state index in [1.54, 1.807) is 23.6 Å². The maximum Gasteiger partial charge on any atom is 0.356 e. The molecule has 0 saturated carbocycles. The molecule has 0 spiro atoms. The van der Waals surface area contributed by atoms with E-state index in [4.69, 9.17) is 4.74 Å². The first-order valence-electron chi connectivity index (χ1n) is 8.09. The first-order valence-corrected chi connectivity index (χ1v) is 8.09. The minimum absolute atomic E-state index is 0.0250. The van der Waals surface area contributed by atoms with Crippen LogP contribution in [0.25, 0.3) is 0 Å². The molecule has 2 aromatic rings. The fraction of sp³-hybridized carbons (Fsp3) is 0.389. The van der Waals surface area contributed by atoms with Crippen LogP contribution < -0.4 is 0 Å². The first-order chi connectivity index (χ1) is 11.5. The molecule has 1 aliphatic rings. The molecule has 0 atom stereocenters. The molecule has 0 fully saturated rings. The minimum atomic E-state index is -0.390. The minimum Gasteiger partial charge on any atom is -0.461 e. The van der Waals surface area contributed by atoms with Crippen molar-refractivity contribution in [1.82, 2.24) is 14.7 Å². The normalized spacial score (nSPS) is 13.5. The van der Waals surface area contributed by atoms with Crippen LogP contribution in [-0.2, 0) is 24.8 Å². The number of nitrogens with zero attached hydrogens (tertiary/aromatic N) is 3. The highest BCUT2D eigenvalue weighted by Crippen LogP contribution is 2.24. The van der Waals surface area contributed by atoms with Crippen molar-refractivity contribution in [2.24, 2.45) is 7.05 Å². The number of esters is 1. The molecule has 0 aliphatic carbocycles. The predicted molar refractivity (Wildman–Crippen MR) is 88.8 cm³/mol. The van der Waals surface area contributed by atoms with Gasteiger partial charge in [0.25, 0.3) is 5.91 Å². The number of aryl methyl sites for hydroxylation is 2. The van der Waals surface area contributed by atoms with Crippen LogP contribution in [0.3, 0.4) is 0 Å². The summed E-state index contributed by atoms with van der Waals surface area (Å²) < 4.78 is 6.68. The largest absolute Gasteiger partial charge is 0.461 e. The van der Waals surface area contributed by atoms with E-state index >= 15 is 0 Å². The lowest BCUT2D eigenvalue weighted by Gasteiger charge is -2.27. The maximum atomic E-state index is 12.8. The number of aromatic nitrogens is 2. The van der Waals surface area contributed by atoms with Crippen LogP contribution in [0.15, 0.2) is 24.3 Å². The summed E-state index contributed by atoms with van der Waals surface area (Å²) in [7, 11) is 1.73. The maximum absolute atomic E-state index is 12.8. The van der Waals surface area contributed by atoms with Gasteiger partial charge in [0.2, 0.25) is 0 Å². The van der Waals surface area contributed by atoms with Crippen molar-refractivity contribution in [3.05, 3.63) is 52.3 Å². The number of fused-ring (bicyclic) bond motifs is 1. The van der Waals surface area contributed by atoms with Crippen LogP contribution in [0.4, 0.5) is 0 Å². The number of amides is 1. The summed E-state index contributed by atoms with van der Waals surface area (Å²) in [6, 6.07) is 7.55. The van der Waals surface area contributed by atoms with Gasteiger partial charge in [-0.1, -0.05) is 17.7 Å². The first kappa shape index (κ1) is 16.2. The lowest BCUT2D eigenvalue weighted by Crippen LogP contribution is -2.36. The van der Waals surface area contributed by atoms with Crippen LogP contribution in [-0.4, -0.2) is 39.7 Å². The molecule has 6 heteroatoms. The van der Waals surface area contributed by atoms with E-state index in [1.165, 1.54) is 0 Å². The van der Waals surface area contributed by atoms with Crippen molar-refractivity contribution in [1.29, 1.82) is 0 Å². The lowest BCUT2D eigenvalue weighted by atomic mass is 10.0. The smallest absolute Gasteiger partial charge is 0.356 e. The van der Waals surface area contributed by atoms with Crippen molar-refractivity contribution in [3.8, 4) is 0 Å². The Kier molecular flexibility index (Phi) is 4.38. The van der Waals surface area contributed by atoms with Crippen LogP contribution >= 0.6 is 0 Å². The lowest BCUT2D eigenvalue weighted by molar-refractivity contribution is 0.0508. The van der Waals surface area contributed by atoms with Crippen molar-refractivity contribution in [2.45, 2.75) is 26.8 Å². The molecule has 24 heavy (non-hydrogen) atoms. The summed E-state index contributed by atoms with van der Waals surface area (Å²) in [6.45, 7) is 5.02. The Balaban J connectivity index is 1.88. The van der Waals surface area contributed by atoms with Gasteiger partial charge in [-0.25, -0.2) is 4.79 Å². The summed E-state index contributed by atoms with van der Waals surface area (Å²) in [6.07, 6.45) is 0.639. The molecule has 1 amide bonds. The highest BCUT2D eigenvalue weighted by atomic mass is 16.5.